The van der Waals surface area contributed by atoms with E-state index in [0.717, 1.165) is 6.07 Å². The molecule has 0 aliphatic heterocycles. The number of halogens is 3. The van der Waals surface area contributed by atoms with E-state index in [0.29, 0.717) is 6.07 Å². The van der Waals surface area contributed by atoms with Crippen molar-refractivity contribution >= 4 is 11.8 Å². The molecule has 1 heterocycles. The lowest BCUT2D eigenvalue weighted by atomic mass is 10.2. The highest BCUT2D eigenvalue weighted by atomic mass is 19.4. The number of pyridine rings is 1. The summed E-state index contributed by atoms with van der Waals surface area (Å²) in [5.74, 6) is -1.67. The largest absolute Gasteiger partial charge is 0.480 e. The highest BCUT2D eigenvalue weighted by Crippen LogP contribution is 2.29. The molecule has 96 valence electrons. The first kappa shape index (κ1) is 13.8. The average Bonchev–Trinajstić information content (AvgIpc) is 2.27. The molecular weight excluding hydrogens is 251 g/mol. The van der Waals surface area contributed by atoms with Gasteiger partial charge in [-0.25, -0.2) is 4.98 Å². The number of nitriles is 1. The molecule has 0 amide bonds. The normalized spacial score (nSPS) is 12.6. The Morgan fingerprint density at radius 3 is 2.61 bits per heavy atom. The van der Waals surface area contributed by atoms with E-state index in [1.54, 1.807) is 6.07 Å². The van der Waals surface area contributed by atoms with Crippen LogP contribution in [0.25, 0.3) is 0 Å². The molecule has 0 aliphatic carbocycles. The predicted octanol–water partition coefficient (Wildman–Crippen LogP) is 1.86. The molecule has 1 atom stereocenters. The Hall–Kier alpha value is -2.30. The Bertz CT molecular complexity index is 508. The second-order valence-corrected chi connectivity index (χ2v) is 3.41. The third kappa shape index (κ3) is 3.10. The summed E-state index contributed by atoms with van der Waals surface area (Å²) < 4.78 is 37.2. The second kappa shape index (κ2) is 4.91. The van der Waals surface area contributed by atoms with Crippen LogP contribution < -0.4 is 5.32 Å². The second-order valence-electron chi connectivity index (χ2n) is 3.41. The first-order valence-corrected chi connectivity index (χ1v) is 4.73. The van der Waals surface area contributed by atoms with Gasteiger partial charge in [0, 0.05) is 0 Å². The van der Waals surface area contributed by atoms with Gasteiger partial charge in [0.2, 0.25) is 0 Å². The number of hydrogen-bond donors (Lipinski definition) is 2. The molecule has 0 saturated heterocycles. The van der Waals surface area contributed by atoms with E-state index < -0.39 is 29.7 Å². The summed E-state index contributed by atoms with van der Waals surface area (Å²) in [7, 11) is 0. The van der Waals surface area contributed by atoms with Crippen molar-refractivity contribution in [2.45, 2.75) is 19.1 Å². The van der Waals surface area contributed by atoms with Gasteiger partial charge in [0.25, 0.3) is 0 Å². The number of aliphatic carboxylic acids is 1. The SMILES string of the molecule is C[C@H](Nc1nc(C(F)(F)F)ccc1C#N)C(=O)O. The molecule has 0 bridgehead atoms. The topological polar surface area (TPSA) is 86.0 Å². The summed E-state index contributed by atoms with van der Waals surface area (Å²) in [5.41, 5.74) is -1.35. The molecule has 8 heteroatoms. The van der Waals surface area contributed by atoms with E-state index in [2.05, 4.69) is 10.3 Å². The van der Waals surface area contributed by atoms with Crippen molar-refractivity contribution in [3.8, 4) is 6.07 Å². The molecule has 0 aromatic carbocycles. The van der Waals surface area contributed by atoms with Crippen LogP contribution in [-0.2, 0) is 11.0 Å². The molecule has 0 unspecified atom stereocenters. The number of carbonyl (C=O) groups is 1. The Balaban J connectivity index is 3.16. The zero-order valence-corrected chi connectivity index (χ0v) is 9.12. The van der Waals surface area contributed by atoms with Gasteiger partial charge in [-0.05, 0) is 19.1 Å². The first-order valence-electron chi connectivity index (χ1n) is 4.73. The van der Waals surface area contributed by atoms with Crippen LogP contribution in [0.3, 0.4) is 0 Å². The summed E-state index contributed by atoms with van der Waals surface area (Å²) >= 11 is 0. The van der Waals surface area contributed by atoms with Gasteiger partial charge < -0.3 is 10.4 Å². The van der Waals surface area contributed by atoms with Crippen LogP contribution >= 0.6 is 0 Å². The number of carboxylic acid groups (broad SMARTS) is 1. The summed E-state index contributed by atoms with van der Waals surface area (Å²) in [6, 6.07) is 2.07. The molecule has 2 N–H and O–H groups in total. The van der Waals surface area contributed by atoms with Gasteiger partial charge in [-0.15, -0.1) is 0 Å². The molecule has 1 aromatic heterocycles. The van der Waals surface area contributed by atoms with Crippen LogP contribution in [0.5, 0.6) is 0 Å². The molecule has 0 aliphatic rings. The highest BCUT2D eigenvalue weighted by Gasteiger charge is 2.33. The number of carboxylic acids is 1. The zero-order valence-electron chi connectivity index (χ0n) is 9.12. The van der Waals surface area contributed by atoms with Crippen molar-refractivity contribution in [3.05, 3.63) is 23.4 Å². The van der Waals surface area contributed by atoms with E-state index in [1.165, 1.54) is 6.92 Å². The lowest BCUT2D eigenvalue weighted by Gasteiger charge is -2.13. The summed E-state index contributed by atoms with van der Waals surface area (Å²) in [5, 5.41) is 19.6. The van der Waals surface area contributed by atoms with E-state index >= 15 is 0 Å². The van der Waals surface area contributed by atoms with E-state index in [9.17, 15) is 18.0 Å². The Kier molecular flexibility index (Phi) is 3.76. The summed E-state index contributed by atoms with van der Waals surface area (Å²) in [6.45, 7) is 1.23. The third-order valence-corrected chi connectivity index (χ3v) is 2.03. The molecule has 1 rings (SSSR count). The van der Waals surface area contributed by atoms with Gasteiger partial charge >= 0.3 is 12.1 Å². The quantitative estimate of drug-likeness (QED) is 0.865. The Morgan fingerprint density at radius 2 is 2.17 bits per heavy atom. The Morgan fingerprint density at radius 1 is 1.56 bits per heavy atom. The molecule has 18 heavy (non-hydrogen) atoms. The number of alkyl halides is 3. The van der Waals surface area contributed by atoms with Crippen molar-refractivity contribution in [1.82, 2.24) is 4.98 Å². The highest BCUT2D eigenvalue weighted by molar-refractivity contribution is 5.77. The molecular formula is C10H8F3N3O2. The van der Waals surface area contributed by atoms with E-state index in [4.69, 9.17) is 10.4 Å². The number of anilines is 1. The van der Waals surface area contributed by atoms with Crippen LogP contribution in [0.15, 0.2) is 12.1 Å². The van der Waals surface area contributed by atoms with Crippen molar-refractivity contribution in [3.63, 3.8) is 0 Å². The van der Waals surface area contributed by atoms with Gasteiger partial charge in [0.05, 0.1) is 5.56 Å². The van der Waals surface area contributed by atoms with Gasteiger partial charge in [-0.3, -0.25) is 4.79 Å². The van der Waals surface area contributed by atoms with Crippen LogP contribution in [0.4, 0.5) is 19.0 Å². The maximum atomic E-state index is 12.4. The van der Waals surface area contributed by atoms with Crippen molar-refractivity contribution in [2.75, 3.05) is 5.32 Å². The third-order valence-electron chi connectivity index (χ3n) is 2.03. The van der Waals surface area contributed by atoms with Crippen LogP contribution in [0.2, 0.25) is 0 Å². The maximum Gasteiger partial charge on any atom is 0.433 e. The van der Waals surface area contributed by atoms with Crippen molar-refractivity contribution in [1.29, 1.82) is 5.26 Å². The fraction of sp³-hybridized carbons (Fsp3) is 0.300. The van der Waals surface area contributed by atoms with Crippen LogP contribution in [-0.4, -0.2) is 22.1 Å². The number of nitrogens with one attached hydrogen (secondary N) is 1. The first-order chi connectivity index (χ1) is 8.25. The smallest absolute Gasteiger partial charge is 0.433 e. The van der Waals surface area contributed by atoms with Gasteiger partial charge in [-0.1, -0.05) is 0 Å². The fourth-order valence-corrected chi connectivity index (χ4v) is 1.08. The monoisotopic (exact) mass is 259 g/mol. The zero-order chi connectivity index (χ0) is 13.9. The number of hydrogen-bond acceptors (Lipinski definition) is 4. The summed E-state index contributed by atoms with van der Waals surface area (Å²) in [6.07, 6.45) is -4.66. The minimum atomic E-state index is -4.66. The molecule has 1 aromatic rings. The van der Waals surface area contributed by atoms with Crippen molar-refractivity contribution < 1.29 is 23.1 Å². The minimum absolute atomic E-state index is 0.156. The number of nitrogens with zero attached hydrogens (tertiary/aromatic N) is 2. The molecule has 0 fully saturated rings. The minimum Gasteiger partial charge on any atom is -0.480 e. The van der Waals surface area contributed by atoms with Crippen LogP contribution in [0.1, 0.15) is 18.2 Å². The standard InChI is InChI=1S/C10H8F3N3O2/c1-5(9(17)18)15-8-6(4-14)2-3-7(16-8)10(11,12)13/h2-3,5H,1H3,(H,15,16)(H,17,18)/t5-/m0/s1. The van der Waals surface area contributed by atoms with E-state index in [-0.39, 0.29) is 5.56 Å². The molecule has 0 radical (unpaired) electrons. The lowest BCUT2D eigenvalue weighted by Crippen LogP contribution is -2.27. The van der Waals surface area contributed by atoms with Gasteiger partial charge in [-0.2, -0.15) is 18.4 Å². The average molecular weight is 259 g/mol. The van der Waals surface area contributed by atoms with Gasteiger partial charge in [0.15, 0.2) is 0 Å². The number of aromatic nitrogens is 1. The number of rotatable bonds is 3. The molecule has 0 saturated carbocycles. The fourth-order valence-electron chi connectivity index (χ4n) is 1.08. The molecule has 5 nitrogen and oxygen atoms in total. The van der Waals surface area contributed by atoms with Gasteiger partial charge in [0.1, 0.15) is 23.6 Å². The Labute approximate surface area is 99.9 Å². The van der Waals surface area contributed by atoms with E-state index in [1.807, 2.05) is 0 Å². The summed E-state index contributed by atoms with van der Waals surface area (Å²) in [4.78, 5) is 13.8. The maximum absolute atomic E-state index is 12.4. The molecule has 0 spiro atoms. The lowest BCUT2D eigenvalue weighted by molar-refractivity contribution is -0.141. The predicted molar refractivity (Wildman–Crippen MR) is 54.7 cm³/mol. The van der Waals surface area contributed by atoms with Crippen LogP contribution in [0, 0.1) is 11.3 Å². The van der Waals surface area contributed by atoms with Crippen molar-refractivity contribution in [2.24, 2.45) is 0 Å².